The molecule has 0 bridgehead atoms. The monoisotopic (exact) mass is 470 g/mol. The first kappa shape index (κ1) is 25.6. The molecule has 0 saturated carbocycles. The van der Waals surface area contributed by atoms with Gasteiger partial charge in [0.15, 0.2) is 6.29 Å². The van der Waals surface area contributed by atoms with E-state index < -0.39 is 42.3 Å². The fourth-order valence-electron chi connectivity index (χ4n) is 2.45. The van der Waals surface area contributed by atoms with Crippen LogP contribution in [0.1, 0.15) is 11.1 Å². The molecule has 176 valence electrons. The van der Waals surface area contributed by atoms with Crippen molar-refractivity contribution in [2.75, 3.05) is 18.6 Å². The van der Waals surface area contributed by atoms with Gasteiger partial charge in [-0.05, 0) is 30.3 Å². The number of hydrogen-bond donors (Lipinski definition) is 2. The van der Waals surface area contributed by atoms with E-state index in [0.717, 1.165) is 30.3 Å². The van der Waals surface area contributed by atoms with Crippen LogP contribution < -0.4 is 10.3 Å². The van der Waals surface area contributed by atoms with Crippen LogP contribution in [-0.4, -0.2) is 54.1 Å². The SMILES string of the molecule is CN(/N=C(\C=C(/C=O)C(=O)NCC(O)C(F)F)c1ccc(C(F)(F)F)cc1)c1cccnc1. The van der Waals surface area contributed by atoms with Gasteiger partial charge in [-0.15, -0.1) is 0 Å². The summed E-state index contributed by atoms with van der Waals surface area (Å²) in [6.07, 6.45) is -5.72. The molecule has 1 unspecified atom stereocenters. The van der Waals surface area contributed by atoms with Crippen molar-refractivity contribution in [2.24, 2.45) is 5.10 Å². The number of nitrogens with zero attached hydrogens (tertiary/aromatic N) is 3. The number of allylic oxidation sites excluding steroid dienone is 1. The first-order chi connectivity index (χ1) is 15.5. The summed E-state index contributed by atoms with van der Waals surface area (Å²) in [5.74, 6) is -1.08. The van der Waals surface area contributed by atoms with Gasteiger partial charge in [0.1, 0.15) is 6.10 Å². The van der Waals surface area contributed by atoms with Crippen LogP contribution in [0.4, 0.5) is 27.6 Å². The average Bonchev–Trinajstić information content (AvgIpc) is 2.79. The number of alkyl halides is 5. The maximum Gasteiger partial charge on any atom is 0.416 e. The highest BCUT2D eigenvalue weighted by Crippen LogP contribution is 2.29. The molecule has 1 heterocycles. The Morgan fingerprint density at radius 3 is 2.42 bits per heavy atom. The van der Waals surface area contributed by atoms with Crippen LogP contribution in [0.2, 0.25) is 0 Å². The number of aldehydes is 1. The number of carbonyl (C=O) groups is 2. The maximum absolute atomic E-state index is 12.9. The Morgan fingerprint density at radius 1 is 1.24 bits per heavy atom. The molecule has 0 saturated heterocycles. The van der Waals surface area contributed by atoms with Gasteiger partial charge in [0, 0.05) is 25.4 Å². The molecule has 7 nitrogen and oxygen atoms in total. The fourth-order valence-corrected chi connectivity index (χ4v) is 2.45. The van der Waals surface area contributed by atoms with Crippen molar-refractivity contribution < 1.29 is 36.6 Å². The molecule has 1 amide bonds. The zero-order valence-corrected chi connectivity index (χ0v) is 17.1. The molecule has 0 fully saturated rings. The lowest BCUT2D eigenvalue weighted by atomic mass is 10.0. The zero-order chi connectivity index (χ0) is 24.6. The molecule has 33 heavy (non-hydrogen) atoms. The van der Waals surface area contributed by atoms with Crippen LogP contribution in [0.3, 0.4) is 0 Å². The Bertz CT molecular complexity index is 1010. The van der Waals surface area contributed by atoms with Crippen LogP contribution in [0, 0.1) is 0 Å². The summed E-state index contributed by atoms with van der Waals surface area (Å²) in [6, 6.07) is 7.09. The van der Waals surface area contributed by atoms with E-state index in [1.54, 1.807) is 12.1 Å². The molecule has 1 atom stereocenters. The van der Waals surface area contributed by atoms with Gasteiger partial charge in [-0.25, -0.2) is 8.78 Å². The van der Waals surface area contributed by atoms with Crippen LogP contribution in [0.5, 0.6) is 0 Å². The third-order valence-corrected chi connectivity index (χ3v) is 4.23. The van der Waals surface area contributed by atoms with Crippen LogP contribution in [0.15, 0.2) is 65.5 Å². The lowest BCUT2D eigenvalue weighted by Gasteiger charge is -2.15. The molecule has 2 N–H and O–H groups in total. The molecule has 12 heteroatoms. The van der Waals surface area contributed by atoms with E-state index in [4.69, 9.17) is 5.11 Å². The molecule has 0 spiro atoms. The van der Waals surface area contributed by atoms with Gasteiger partial charge in [-0.1, -0.05) is 12.1 Å². The second-order valence-corrected chi connectivity index (χ2v) is 6.62. The number of hydrazone groups is 1. The molecule has 2 aromatic rings. The first-order valence-electron chi connectivity index (χ1n) is 9.34. The van der Waals surface area contributed by atoms with Crippen molar-refractivity contribution in [1.29, 1.82) is 0 Å². The normalized spacial score (nSPS) is 13.6. The third kappa shape index (κ3) is 7.45. The minimum Gasteiger partial charge on any atom is -0.385 e. The lowest BCUT2D eigenvalue weighted by Crippen LogP contribution is -2.37. The average molecular weight is 470 g/mol. The van der Waals surface area contributed by atoms with Gasteiger partial charge in [-0.2, -0.15) is 18.3 Å². The molecule has 1 aromatic carbocycles. The van der Waals surface area contributed by atoms with Crippen molar-refractivity contribution in [2.45, 2.75) is 18.7 Å². The van der Waals surface area contributed by atoms with Crippen LogP contribution >= 0.6 is 0 Å². The number of aromatic nitrogens is 1. The van der Waals surface area contributed by atoms with Crippen molar-refractivity contribution >= 4 is 23.6 Å². The first-order valence-corrected chi connectivity index (χ1v) is 9.34. The number of benzene rings is 1. The largest absolute Gasteiger partial charge is 0.416 e. The molecule has 0 aliphatic rings. The molecule has 0 aliphatic heterocycles. The van der Waals surface area contributed by atoms with E-state index in [2.05, 4.69) is 10.1 Å². The minimum atomic E-state index is -4.57. The van der Waals surface area contributed by atoms with Crippen molar-refractivity contribution in [3.8, 4) is 0 Å². The third-order valence-electron chi connectivity index (χ3n) is 4.23. The number of hydrogen-bond acceptors (Lipinski definition) is 6. The Labute approximate surface area is 185 Å². The van der Waals surface area contributed by atoms with E-state index in [9.17, 15) is 31.5 Å². The summed E-state index contributed by atoms with van der Waals surface area (Å²) in [5.41, 5.74) is -0.896. The lowest BCUT2D eigenvalue weighted by molar-refractivity contribution is -0.137. The smallest absolute Gasteiger partial charge is 0.385 e. The second kappa shape index (κ2) is 11.3. The van der Waals surface area contributed by atoms with Gasteiger partial charge in [-0.3, -0.25) is 19.6 Å². The van der Waals surface area contributed by atoms with Crippen molar-refractivity contribution in [1.82, 2.24) is 10.3 Å². The van der Waals surface area contributed by atoms with E-state index in [0.29, 0.717) is 5.69 Å². The van der Waals surface area contributed by atoms with Crippen LogP contribution in [-0.2, 0) is 15.8 Å². The Balaban J connectivity index is 2.43. The summed E-state index contributed by atoms with van der Waals surface area (Å²) >= 11 is 0. The number of rotatable bonds is 9. The van der Waals surface area contributed by atoms with Gasteiger partial charge >= 0.3 is 6.18 Å². The maximum atomic E-state index is 12.9. The topological polar surface area (TPSA) is 94.9 Å². The highest BCUT2D eigenvalue weighted by molar-refractivity contribution is 6.19. The van der Waals surface area contributed by atoms with Gasteiger partial charge in [0.2, 0.25) is 0 Å². The molecular formula is C21H19F5N4O3. The molecule has 0 aliphatic carbocycles. The number of halogens is 5. The van der Waals surface area contributed by atoms with Gasteiger partial charge in [0.05, 0.1) is 28.7 Å². The fraction of sp³-hybridized carbons (Fsp3) is 0.238. The minimum absolute atomic E-state index is 0.0678. The standard InChI is InChI=1S/C21H19F5N4O3/c1-30(16-3-2-8-27-10-16)29-17(13-4-6-15(7-5-13)21(24,25)26)9-14(12-31)20(33)28-11-18(32)19(22)23/h2-10,12,18-19,32H,11H2,1H3,(H,28,33)/b14-9+,29-17+. The highest BCUT2D eigenvalue weighted by atomic mass is 19.4. The van der Waals surface area contributed by atoms with Gasteiger partial charge < -0.3 is 10.4 Å². The number of anilines is 1. The summed E-state index contributed by atoms with van der Waals surface area (Å²) in [5, 5.41) is 16.7. The van der Waals surface area contributed by atoms with Crippen LogP contribution in [0.25, 0.3) is 0 Å². The summed E-state index contributed by atoms with van der Waals surface area (Å²) in [7, 11) is 1.51. The van der Waals surface area contributed by atoms with E-state index in [1.165, 1.54) is 24.5 Å². The summed E-state index contributed by atoms with van der Waals surface area (Å²) < 4.78 is 63.5. The van der Waals surface area contributed by atoms with Gasteiger partial charge in [0.25, 0.3) is 12.3 Å². The molecule has 0 radical (unpaired) electrons. The molecule has 1 aromatic heterocycles. The van der Waals surface area contributed by atoms with Crippen molar-refractivity contribution in [3.05, 3.63) is 71.6 Å². The number of aliphatic hydroxyl groups excluding tert-OH is 1. The Kier molecular flexibility index (Phi) is 8.74. The Morgan fingerprint density at radius 2 is 1.91 bits per heavy atom. The second-order valence-electron chi connectivity index (χ2n) is 6.62. The van der Waals surface area contributed by atoms with E-state index in [1.807, 2.05) is 5.32 Å². The Hall–Kier alpha value is -3.67. The predicted molar refractivity (Wildman–Crippen MR) is 110 cm³/mol. The zero-order valence-electron chi connectivity index (χ0n) is 17.1. The predicted octanol–water partition coefficient (Wildman–Crippen LogP) is 2.81. The molecule has 2 rings (SSSR count). The molecular weight excluding hydrogens is 451 g/mol. The van der Waals surface area contributed by atoms with E-state index >= 15 is 0 Å². The highest BCUT2D eigenvalue weighted by Gasteiger charge is 2.30. The number of nitrogens with one attached hydrogen (secondary N) is 1. The summed E-state index contributed by atoms with van der Waals surface area (Å²) in [4.78, 5) is 27.6. The van der Waals surface area contributed by atoms with E-state index in [-0.39, 0.29) is 17.6 Å². The summed E-state index contributed by atoms with van der Waals surface area (Å²) in [6.45, 7) is -0.815. The van der Waals surface area contributed by atoms with Crippen molar-refractivity contribution in [3.63, 3.8) is 0 Å². The number of pyridine rings is 1. The quantitative estimate of drug-likeness (QED) is 0.112. The number of carbonyl (C=O) groups excluding carboxylic acids is 2. The number of amides is 1. The number of aliphatic hydroxyl groups is 1.